The molecule has 1 aromatic heterocycles. The van der Waals surface area contributed by atoms with Gasteiger partial charge in [-0.25, -0.2) is 4.98 Å². The Morgan fingerprint density at radius 1 is 1.07 bits per heavy atom. The minimum absolute atomic E-state index is 0.285. The highest BCUT2D eigenvalue weighted by Crippen LogP contribution is 2.32. The standard InChI is InChI=1S/C21H22N4O2/c1-3-25(17-6-4-5-15(2)11-17)21-22-10-9-20(24-21)23-13-16-7-8-18-19(12-16)27-14-26-18/h4-12H,3,13-14H2,1-2H3,(H,22,23,24). The number of benzene rings is 2. The van der Waals surface area contributed by atoms with Crippen LogP contribution in [0.3, 0.4) is 0 Å². The molecule has 4 rings (SSSR count). The second-order valence-corrected chi connectivity index (χ2v) is 6.37. The molecule has 0 amide bonds. The Balaban J connectivity index is 1.50. The summed E-state index contributed by atoms with van der Waals surface area (Å²) in [4.78, 5) is 11.2. The highest BCUT2D eigenvalue weighted by atomic mass is 16.7. The third-order valence-corrected chi connectivity index (χ3v) is 4.42. The maximum Gasteiger partial charge on any atom is 0.231 e. The first-order chi connectivity index (χ1) is 13.2. The van der Waals surface area contributed by atoms with Gasteiger partial charge in [-0.1, -0.05) is 18.2 Å². The molecule has 27 heavy (non-hydrogen) atoms. The summed E-state index contributed by atoms with van der Waals surface area (Å²) in [7, 11) is 0. The third kappa shape index (κ3) is 3.79. The molecule has 0 radical (unpaired) electrons. The molecule has 2 heterocycles. The molecule has 1 aliphatic heterocycles. The van der Waals surface area contributed by atoms with Gasteiger partial charge in [-0.2, -0.15) is 4.98 Å². The Labute approximate surface area is 158 Å². The first kappa shape index (κ1) is 17.1. The molecule has 0 fully saturated rings. The molecule has 3 aromatic rings. The van der Waals surface area contributed by atoms with Gasteiger partial charge in [-0.05, 0) is 55.3 Å². The van der Waals surface area contributed by atoms with Crippen LogP contribution in [0.5, 0.6) is 11.5 Å². The quantitative estimate of drug-likeness (QED) is 0.706. The Morgan fingerprint density at radius 2 is 1.96 bits per heavy atom. The van der Waals surface area contributed by atoms with Crippen LogP contribution >= 0.6 is 0 Å². The normalized spacial score (nSPS) is 12.1. The van der Waals surface area contributed by atoms with Gasteiger partial charge in [-0.15, -0.1) is 0 Å². The van der Waals surface area contributed by atoms with Crippen LogP contribution in [0.25, 0.3) is 0 Å². The molecule has 0 saturated heterocycles. The SMILES string of the molecule is CCN(c1cccc(C)c1)c1nccc(NCc2ccc3c(c2)OCO3)n1. The van der Waals surface area contributed by atoms with Crippen molar-refractivity contribution in [2.75, 3.05) is 23.6 Å². The second kappa shape index (κ2) is 7.53. The van der Waals surface area contributed by atoms with E-state index in [2.05, 4.69) is 58.3 Å². The maximum absolute atomic E-state index is 5.43. The van der Waals surface area contributed by atoms with Gasteiger partial charge in [-0.3, -0.25) is 0 Å². The molecule has 6 nitrogen and oxygen atoms in total. The van der Waals surface area contributed by atoms with Gasteiger partial charge in [0.15, 0.2) is 11.5 Å². The fraction of sp³-hybridized carbons (Fsp3) is 0.238. The molecule has 2 aromatic carbocycles. The number of fused-ring (bicyclic) bond motifs is 1. The van der Waals surface area contributed by atoms with E-state index in [1.54, 1.807) is 6.20 Å². The lowest BCUT2D eigenvalue weighted by Crippen LogP contribution is -2.19. The fourth-order valence-electron chi connectivity index (χ4n) is 3.06. The van der Waals surface area contributed by atoms with Crippen LogP contribution < -0.4 is 19.7 Å². The third-order valence-electron chi connectivity index (χ3n) is 4.42. The topological polar surface area (TPSA) is 59.5 Å². The van der Waals surface area contributed by atoms with Crippen molar-refractivity contribution in [1.29, 1.82) is 0 Å². The van der Waals surface area contributed by atoms with Crippen molar-refractivity contribution in [1.82, 2.24) is 9.97 Å². The van der Waals surface area contributed by atoms with E-state index in [9.17, 15) is 0 Å². The van der Waals surface area contributed by atoms with E-state index in [0.717, 1.165) is 35.1 Å². The lowest BCUT2D eigenvalue weighted by Gasteiger charge is -2.21. The van der Waals surface area contributed by atoms with Crippen molar-refractivity contribution in [3.8, 4) is 11.5 Å². The van der Waals surface area contributed by atoms with Crippen LogP contribution in [0.2, 0.25) is 0 Å². The number of hydrogen-bond acceptors (Lipinski definition) is 6. The van der Waals surface area contributed by atoms with E-state index in [-0.39, 0.29) is 6.79 Å². The molecule has 1 N–H and O–H groups in total. The zero-order valence-electron chi connectivity index (χ0n) is 15.5. The van der Waals surface area contributed by atoms with Gasteiger partial charge < -0.3 is 19.7 Å². The maximum atomic E-state index is 5.43. The average Bonchev–Trinajstić information content (AvgIpc) is 3.15. The average molecular weight is 362 g/mol. The summed E-state index contributed by atoms with van der Waals surface area (Å²) in [6.07, 6.45) is 1.78. The van der Waals surface area contributed by atoms with Crippen molar-refractivity contribution >= 4 is 17.5 Å². The number of aryl methyl sites for hydroxylation is 1. The molecule has 0 saturated carbocycles. The second-order valence-electron chi connectivity index (χ2n) is 6.37. The highest BCUT2D eigenvalue weighted by molar-refractivity contribution is 5.59. The Morgan fingerprint density at radius 3 is 2.81 bits per heavy atom. The Bertz CT molecular complexity index is 945. The van der Waals surface area contributed by atoms with E-state index in [0.29, 0.717) is 12.5 Å². The lowest BCUT2D eigenvalue weighted by atomic mass is 10.2. The van der Waals surface area contributed by atoms with Crippen LogP contribution in [-0.4, -0.2) is 23.3 Å². The van der Waals surface area contributed by atoms with Gasteiger partial charge >= 0.3 is 0 Å². The number of hydrogen-bond donors (Lipinski definition) is 1. The molecular formula is C21H22N4O2. The van der Waals surface area contributed by atoms with Crippen molar-refractivity contribution in [3.63, 3.8) is 0 Å². The number of anilines is 3. The molecule has 0 aliphatic carbocycles. The summed E-state index contributed by atoms with van der Waals surface area (Å²) >= 11 is 0. The van der Waals surface area contributed by atoms with Gasteiger partial charge in [0.2, 0.25) is 12.7 Å². The molecule has 0 atom stereocenters. The fourth-order valence-corrected chi connectivity index (χ4v) is 3.06. The molecule has 0 spiro atoms. The predicted molar refractivity (Wildman–Crippen MR) is 106 cm³/mol. The zero-order valence-corrected chi connectivity index (χ0v) is 15.5. The van der Waals surface area contributed by atoms with Crippen LogP contribution in [0.15, 0.2) is 54.7 Å². The molecule has 138 valence electrons. The molecule has 0 unspecified atom stereocenters. The van der Waals surface area contributed by atoms with E-state index in [4.69, 9.17) is 9.47 Å². The lowest BCUT2D eigenvalue weighted by molar-refractivity contribution is 0.174. The van der Waals surface area contributed by atoms with E-state index < -0.39 is 0 Å². The zero-order chi connectivity index (χ0) is 18.6. The van der Waals surface area contributed by atoms with Gasteiger partial charge in [0, 0.05) is 25.0 Å². The predicted octanol–water partition coefficient (Wildman–Crippen LogP) is 4.28. The summed E-state index contributed by atoms with van der Waals surface area (Å²) < 4.78 is 10.8. The van der Waals surface area contributed by atoms with Gasteiger partial charge in [0.25, 0.3) is 0 Å². The molecular weight excluding hydrogens is 340 g/mol. The van der Waals surface area contributed by atoms with Gasteiger partial charge in [0.1, 0.15) is 5.82 Å². The molecule has 6 heteroatoms. The minimum Gasteiger partial charge on any atom is -0.454 e. The van der Waals surface area contributed by atoms with Crippen molar-refractivity contribution in [2.45, 2.75) is 20.4 Å². The largest absolute Gasteiger partial charge is 0.454 e. The van der Waals surface area contributed by atoms with Crippen LogP contribution in [0, 0.1) is 6.92 Å². The molecule has 1 aliphatic rings. The van der Waals surface area contributed by atoms with Crippen molar-refractivity contribution in [2.24, 2.45) is 0 Å². The van der Waals surface area contributed by atoms with E-state index in [1.165, 1.54) is 5.56 Å². The van der Waals surface area contributed by atoms with Crippen LogP contribution in [0.4, 0.5) is 17.5 Å². The first-order valence-electron chi connectivity index (χ1n) is 9.02. The van der Waals surface area contributed by atoms with Crippen LogP contribution in [0.1, 0.15) is 18.1 Å². The number of aromatic nitrogens is 2. The summed E-state index contributed by atoms with van der Waals surface area (Å²) in [5.74, 6) is 3.04. The molecule has 0 bridgehead atoms. The smallest absolute Gasteiger partial charge is 0.231 e. The summed E-state index contributed by atoms with van der Waals surface area (Å²) in [5, 5.41) is 3.36. The first-order valence-corrected chi connectivity index (χ1v) is 9.02. The summed E-state index contributed by atoms with van der Waals surface area (Å²) in [5.41, 5.74) is 3.40. The number of ether oxygens (including phenoxy) is 2. The van der Waals surface area contributed by atoms with Gasteiger partial charge in [0.05, 0.1) is 0 Å². The van der Waals surface area contributed by atoms with E-state index in [1.807, 2.05) is 24.3 Å². The summed E-state index contributed by atoms with van der Waals surface area (Å²) in [6, 6.07) is 16.2. The van der Waals surface area contributed by atoms with Crippen molar-refractivity contribution < 1.29 is 9.47 Å². The highest BCUT2D eigenvalue weighted by Gasteiger charge is 2.14. The van der Waals surface area contributed by atoms with Crippen LogP contribution in [-0.2, 0) is 6.54 Å². The number of nitrogens with one attached hydrogen (secondary N) is 1. The Hall–Kier alpha value is -3.28. The number of rotatable bonds is 6. The summed E-state index contributed by atoms with van der Waals surface area (Å²) in [6.45, 7) is 5.89. The monoisotopic (exact) mass is 362 g/mol. The minimum atomic E-state index is 0.285. The van der Waals surface area contributed by atoms with E-state index >= 15 is 0 Å². The Kier molecular flexibility index (Phi) is 4.78. The number of nitrogens with zero attached hydrogens (tertiary/aromatic N) is 3. The van der Waals surface area contributed by atoms with Crippen molar-refractivity contribution in [3.05, 3.63) is 65.9 Å².